The SMILES string of the molecule is COCC(C)CN(C)S(=O)(=O)NC(=O)c1coc(Nc2cc(C(F)(F)F)ccc2C)n1. The molecule has 0 aliphatic rings. The molecule has 172 valence electrons. The molecule has 2 aromatic rings. The minimum Gasteiger partial charge on any atom is -0.431 e. The number of hydrogen-bond donors (Lipinski definition) is 2. The van der Waals surface area contributed by atoms with Crippen LogP contribution < -0.4 is 10.0 Å². The molecule has 1 aromatic carbocycles. The average molecular weight is 464 g/mol. The summed E-state index contributed by atoms with van der Waals surface area (Å²) in [5, 5.41) is 2.55. The van der Waals surface area contributed by atoms with Crippen LogP contribution in [-0.2, 0) is 21.1 Å². The smallest absolute Gasteiger partial charge is 0.416 e. The third kappa shape index (κ3) is 6.67. The van der Waals surface area contributed by atoms with Crippen molar-refractivity contribution in [3.05, 3.63) is 41.3 Å². The molecule has 0 aliphatic carbocycles. The summed E-state index contributed by atoms with van der Waals surface area (Å²) in [6, 6.07) is 2.81. The quantitative estimate of drug-likeness (QED) is 0.587. The predicted octanol–water partition coefficient (Wildman–Crippen LogP) is 2.93. The van der Waals surface area contributed by atoms with Gasteiger partial charge in [0, 0.05) is 33.0 Å². The van der Waals surface area contributed by atoms with Crippen molar-refractivity contribution in [1.82, 2.24) is 14.0 Å². The van der Waals surface area contributed by atoms with E-state index < -0.39 is 27.9 Å². The molecule has 1 amide bonds. The first kappa shape index (κ1) is 24.6. The van der Waals surface area contributed by atoms with E-state index in [-0.39, 0.29) is 29.9 Å². The van der Waals surface area contributed by atoms with E-state index in [9.17, 15) is 26.4 Å². The van der Waals surface area contributed by atoms with Crippen LogP contribution in [0, 0.1) is 12.8 Å². The molecule has 0 fully saturated rings. The summed E-state index contributed by atoms with van der Waals surface area (Å²) in [7, 11) is -1.36. The molecule has 0 aliphatic heterocycles. The fourth-order valence-corrected chi connectivity index (χ4v) is 3.55. The number of halogens is 3. The van der Waals surface area contributed by atoms with Gasteiger partial charge >= 0.3 is 16.4 Å². The van der Waals surface area contributed by atoms with Gasteiger partial charge in [-0.2, -0.15) is 30.9 Å². The first-order valence-corrected chi connectivity index (χ1v) is 10.4. The lowest BCUT2D eigenvalue weighted by atomic mass is 10.1. The number of hydrogen-bond acceptors (Lipinski definition) is 7. The number of aryl methyl sites for hydroxylation is 1. The van der Waals surface area contributed by atoms with Crippen LogP contribution in [0.1, 0.15) is 28.5 Å². The van der Waals surface area contributed by atoms with Gasteiger partial charge in [0.05, 0.1) is 5.56 Å². The molecule has 0 saturated heterocycles. The van der Waals surface area contributed by atoms with Crippen molar-refractivity contribution in [1.29, 1.82) is 0 Å². The summed E-state index contributed by atoms with van der Waals surface area (Å²) in [6.07, 6.45) is -3.64. The number of rotatable bonds is 9. The van der Waals surface area contributed by atoms with E-state index in [4.69, 9.17) is 9.15 Å². The maximum Gasteiger partial charge on any atom is 0.416 e. The molecule has 0 spiro atoms. The molecular formula is C18H23F3N4O5S. The number of ether oxygens (including phenoxy) is 1. The average Bonchev–Trinajstić information content (AvgIpc) is 3.11. The third-order valence-electron chi connectivity index (χ3n) is 4.20. The Balaban J connectivity index is 2.10. The zero-order chi connectivity index (χ0) is 23.4. The number of benzene rings is 1. The zero-order valence-electron chi connectivity index (χ0n) is 17.3. The summed E-state index contributed by atoms with van der Waals surface area (Å²) >= 11 is 0. The van der Waals surface area contributed by atoms with Gasteiger partial charge in [0.1, 0.15) is 6.26 Å². The third-order valence-corrected chi connectivity index (χ3v) is 5.61. The Bertz CT molecular complexity index is 1020. The molecule has 0 bridgehead atoms. The number of anilines is 2. The lowest BCUT2D eigenvalue weighted by Gasteiger charge is -2.20. The van der Waals surface area contributed by atoms with Crippen LogP contribution in [-0.4, -0.2) is 50.9 Å². The van der Waals surface area contributed by atoms with E-state index in [1.165, 1.54) is 20.2 Å². The number of carbonyl (C=O) groups excluding carboxylic acids is 1. The maximum atomic E-state index is 12.9. The molecule has 2 rings (SSSR count). The number of amides is 1. The van der Waals surface area contributed by atoms with Gasteiger partial charge in [-0.1, -0.05) is 13.0 Å². The summed E-state index contributed by atoms with van der Waals surface area (Å²) in [5.41, 5.74) is -0.689. The molecular weight excluding hydrogens is 441 g/mol. The molecule has 13 heteroatoms. The summed E-state index contributed by atoms with van der Waals surface area (Å²) in [4.78, 5) is 16.1. The number of nitrogens with one attached hydrogen (secondary N) is 2. The normalized spacial score (nSPS) is 13.3. The molecule has 0 radical (unpaired) electrons. The lowest BCUT2D eigenvalue weighted by Crippen LogP contribution is -2.43. The Labute approximate surface area is 177 Å². The standard InChI is InChI=1S/C18H23F3N4O5S/c1-11(9-29-4)8-25(3)31(27,28)24-16(26)15-10-30-17(23-15)22-14-7-13(18(19,20)21)6-5-12(14)2/h5-7,10-11H,8-9H2,1-4H3,(H,22,23)(H,24,26). The zero-order valence-corrected chi connectivity index (χ0v) is 18.1. The van der Waals surface area contributed by atoms with Crippen LogP contribution in [0.2, 0.25) is 0 Å². The first-order chi connectivity index (χ1) is 14.3. The number of nitrogens with zero attached hydrogens (tertiary/aromatic N) is 2. The number of aromatic nitrogens is 1. The van der Waals surface area contributed by atoms with Crippen LogP contribution in [0.5, 0.6) is 0 Å². The van der Waals surface area contributed by atoms with Gasteiger partial charge in [-0.15, -0.1) is 0 Å². The molecule has 0 saturated carbocycles. The highest BCUT2D eigenvalue weighted by Gasteiger charge is 2.31. The molecule has 9 nitrogen and oxygen atoms in total. The summed E-state index contributed by atoms with van der Waals surface area (Å²) < 4.78 is 76.1. The lowest BCUT2D eigenvalue weighted by molar-refractivity contribution is -0.137. The molecule has 2 N–H and O–H groups in total. The monoisotopic (exact) mass is 464 g/mol. The van der Waals surface area contributed by atoms with Gasteiger partial charge in [-0.25, -0.2) is 4.72 Å². The van der Waals surface area contributed by atoms with Crippen molar-refractivity contribution in [2.75, 3.05) is 32.6 Å². The van der Waals surface area contributed by atoms with Crippen LogP contribution in [0.3, 0.4) is 0 Å². The Morgan fingerprint density at radius 1 is 1.35 bits per heavy atom. The Hall–Kier alpha value is -2.64. The van der Waals surface area contributed by atoms with E-state index >= 15 is 0 Å². The predicted molar refractivity (Wildman–Crippen MR) is 106 cm³/mol. The fourth-order valence-electron chi connectivity index (χ4n) is 2.61. The van der Waals surface area contributed by atoms with Crippen molar-refractivity contribution < 1.29 is 35.5 Å². The highest BCUT2D eigenvalue weighted by Crippen LogP contribution is 2.32. The van der Waals surface area contributed by atoms with Gasteiger partial charge in [-0.3, -0.25) is 4.79 Å². The molecule has 1 atom stereocenters. The van der Waals surface area contributed by atoms with Crippen molar-refractivity contribution >= 4 is 27.8 Å². The second-order valence-corrected chi connectivity index (χ2v) is 8.75. The van der Waals surface area contributed by atoms with E-state index in [0.717, 1.165) is 22.7 Å². The van der Waals surface area contributed by atoms with Crippen molar-refractivity contribution in [2.45, 2.75) is 20.0 Å². The number of methoxy groups -OCH3 is 1. The highest BCUT2D eigenvalue weighted by atomic mass is 32.2. The van der Waals surface area contributed by atoms with Crippen LogP contribution in [0.4, 0.5) is 24.9 Å². The van der Waals surface area contributed by atoms with Gasteiger partial charge in [0.2, 0.25) is 0 Å². The van der Waals surface area contributed by atoms with E-state index in [1.54, 1.807) is 13.8 Å². The minimum atomic E-state index is -4.53. The number of alkyl halides is 3. The molecule has 31 heavy (non-hydrogen) atoms. The van der Waals surface area contributed by atoms with Gasteiger partial charge in [-0.05, 0) is 30.5 Å². The van der Waals surface area contributed by atoms with Crippen LogP contribution in [0.25, 0.3) is 0 Å². The first-order valence-electron chi connectivity index (χ1n) is 9.01. The Morgan fingerprint density at radius 3 is 2.65 bits per heavy atom. The van der Waals surface area contributed by atoms with Crippen molar-refractivity contribution in [3.63, 3.8) is 0 Å². The molecule has 1 heterocycles. The van der Waals surface area contributed by atoms with Crippen molar-refractivity contribution in [3.8, 4) is 0 Å². The summed E-state index contributed by atoms with van der Waals surface area (Å²) in [6.45, 7) is 3.80. The fraction of sp³-hybridized carbons (Fsp3) is 0.444. The van der Waals surface area contributed by atoms with Crippen LogP contribution >= 0.6 is 0 Å². The number of carbonyl (C=O) groups is 1. The number of oxazole rings is 1. The van der Waals surface area contributed by atoms with E-state index in [0.29, 0.717) is 12.2 Å². The second-order valence-electron chi connectivity index (χ2n) is 6.97. The Morgan fingerprint density at radius 2 is 2.03 bits per heavy atom. The topological polar surface area (TPSA) is 114 Å². The van der Waals surface area contributed by atoms with Crippen LogP contribution in [0.15, 0.2) is 28.9 Å². The maximum absolute atomic E-state index is 12.9. The highest BCUT2D eigenvalue weighted by molar-refractivity contribution is 7.87. The van der Waals surface area contributed by atoms with Crippen molar-refractivity contribution in [2.24, 2.45) is 5.92 Å². The molecule has 1 aromatic heterocycles. The van der Waals surface area contributed by atoms with Gasteiger partial charge < -0.3 is 14.5 Å². The summed E-state index contributed by atoms with van der Waals surface area (Å²) in [5.74, 6) is -1.16. The Kier molecular flexibility index (Phi) is 7.68. The largest absolute Gasteiger partial charge is 0.431 e. The second kappa shape index (κ2) is 9.66. The minimum absolute atomic E-state index is 0.0723. The van der Waals surface area contributed by atoms with E-state index in [1.807, 2.05) is 4.72 Å². The molecule has 1 unspecified atom stereocenters. The van der Waals surface area contributed by atoms with E-state index in [2.05, 4.69) is 10.3 Å². The van der Waals surface area contributed by atoms with Gasteiger partial charge in [0.15, 0.2) is 5.69 Å². The van der Waals surface area contributed by atoms with Gasteiger partial charge in [0.25, 0.3) is 11.9 Å².